The molecule has 102 valence electrons. The quantitative estimate of drug-likeness (QED) is 0.710. The number of carbonyl (C=O) groups excluding carboxylic acids is 2. The number of likely N-dealkylation sites (tertiary alicyclic amines) is 1. The molecule has 6 nitrogen and oxygen atoms in total. The molecule has 0 radical (unpaired) electrons. The van der Waals surface area contributed by atoms with Crippen molar-refractivity contribution in [3.8, 4) is 0 Å². The number of amides is 2. The number of carbonyl (C=O) groups is 2. The lowest BCUT2D eigenvalue weighted by molar-refractivity contribution is -0.000473. The molecule has 6 heteroatoms. The standard InChI is InChI=1S/C12H20N2O4/c1-12(2,3)18-11(16)14-5-4-9-8(6-14)7-17-10(15)13-9/h8-9H,4-7H2,1-3H3,(H,13,15). The van der Waals surface area contributed by atoms with E-state index in [1.54, 1.807) is 4.90 Å². The fraction of sp³-hybridized carbons (Fsp3) is 0.833. The molecule has 0 aromatic heterocycles. The van der Waals surface area contributed by atoms with E-state index < -0.39 is 5.60 Å². The predicted molar refractivity (Wildman–Crippen MR) is 64.2 cm³/mol. The molecule has 2 heterocycles. The summed E-state index contributed by atoms with van der Waals surface area (Å²) in [5, 5.41) is 2.79. The highest BCUT2D eigenvalue weighted by atomic mass is 16.6. The van der Waals surface area contributed by atoms with E-state index >= 15 is 0 Å². The van der Waals surface area contributed by atoms with E-state index in [0.29, 0.717) is 19.7 Å². The number of piperidine rings is 1. The summed E-state index contributed by atoms with van der Waals surface area (Å²) >= 11 is 0. The van der Waals surface area contributed by atoms with E-state index in [-0.39, 0.29) is 24.1 Å². The molecule has 1 N–H and O–H groups in total. The third-order valence-corrected chi connectivity index (χ3v) is 3.12. The molecule has 2 unspecified atom stereocenters. The van der Waals surface area contributed by atoms with Gasteiger partial charge in [0, 0.05) is 25.0 Å². The van der Waals surface area contributed by atoms with Crippen LogP contribution in [0.2, 0.25) is 0 Å². The Morgan fingerprint density at radius 2 is 2.22 bits per heavy atom. The number of rotatable bonds is 0. The summed E-state index contributed by atoms with van der Waals surface area (Å²) in [5.74, 6) is 0.156. The van der Waals surface area contributed by atoms with Gasteiger partial charge in [0.1, 0.15) is 5.60 Å². The SMILES string of the molecule is CC(C)(C)OC(=O)N1CCC2NC(=O)OCC2C1. The molecule has 0 aromatic rings. The molecule has 2 atom stereocenters. The molecule has 0 bridgehead atoms. The highest BCUT2D eigenvalue weighted by Crippen LogP contribution is 2.22. The lowest BCUT2D eigenvalue weighted by Gasteiger charge is -2.40. The van der Waals surface area contributed by atoms with Crippen LogP contribution in [0.4, 0.5) is 9.59 Å². The Balaban J connectivity index is 1.91. The Labute approximate surface area is 107 Å². The van der Waals surface area contributed by atoms with Crippen LogP contribution in [-0.4, -0.2) is 48.4 Å². The van der Waals surface area contributed by atoms with Gasteiger partial charge in [-0.3, -0.25) is 0 Å². The molecule has 18 heavy (non-hydrogen) atoms. The first-order valence-electron chi connectivity index (χ1n) is 6.26. The first-order chi connectivity index (χ1) is 8.35. The van der Waals surface area contributed by atoms with Crippen LogP contribution in [0, 0.1) is 5.92 Å². The first-order valence-corrected chi connectivity index (χ1v) is 6.26. The average Bonchev–Trinajstić information content (AvgIpc) is 2.26. The van der Waals surface area contributed by atoms with Crippen LogP contribution in [0.15, 0.2) is 0 Å². The maximum absolute atomic E-state index is 11.9. The van der Waals surface area contributed by atoms with Crippen LogP contribution < -0.4 is 5.32 Å². The maximum atomic E-state index is 11.9. The van der Waals surface area contributed by atoms with Crippen molar-refractivity contribution in [1.82, 2.24) is 10.2 Å². The summed E-state index contributed by atoms with van der Waals surface area (Å²) < 4.78 is 10.3. The Morgan fingerprint density at radius 3 is 2.89 bits per heavy atom. The molecule has 2 amide bonds. The van der Waals surface area contributed by atoms with Gasteiger partial charge in [-0.15, -0.1) is 0 Å². The Kier molecular flexibility index (Phi) is 3.36. The second-order valence-electron chi connectivity index (χ2n) is 5.82. The Bertz CT molecular complexity index is 350. The minimum Gasteiger partial charge on any atom is -0.449 e. The maximum Gasteiger partial charge on any atom is 0.410 e. The van der Waals surface area contributed by atoms with Crippen LogP contribution in [0.3, 0.4) is 0 Å². The van der Waals surface area contributed by atoms with Gasteiger partial charge in [0.25, 0.3) is 0 Å². The highest BCUT2D eigenvalue weighted by molar-refractivity contribution is 5.70. The van der Waals surface area contributed by atoms with E-state index in [4.69, 9.17) is 9.47 Å². The molecule has 2 aliphatic heterocycles. The Hall–Kier alpha value is -1.46. The highest BCUT2D eigenvalue weighted by Gasteiger charge is 2.37. The van der Waals surface area contributed by atoms with Gasteiger partial charge < -0.3 is 19.7 Å². The van der Waals surface area contributed by atoms with Gasteiger partial charge in [-0.1, -0.05) is 0 Å². The molecule has 2 aliphatic rings. The molecule has 0 saturated carbocycles. The number of hydrogen-bond donors (Lipinski definition) is 1. The van der Waals surface area contributed by atoms with Crippen molar-refractivity contribution in [2.45, 2.75) is 38.8 Å². The van der Waals surface area contributed by atoms with Crippen molar-refractivity contribution in [2.75, 3.05) is 19.7 Å². The molecule has 2 rings (SSSR count). The van der Waals surface area contributed by atoms with Gasteiger partial charge in [0.2, 0.25) is 0 Å². The fourth-order valence-corrected chi connectivity index (χ4v) is 2.26. The fourth-order valence-electron chi connectivity index (χ4n) is 2.26. The van der Waals surface area contributed by atoms with E-state index in [1.165, 1.54) is 0 Å². The predicted octanol–water partition coefficient (Wildman–Crippen LogP) is 1.35. The minimum atomic E-state index is -0.481. The number of cyclic esters (lactones) is 1. The molecular weight excluding hydrogens is 236 g/mol. The van der Waals surface area contributed by atoms with Crippen molar-refractivity contribution < 1.29 is 19.1 Å². The summed E-state index contributed by atoms with van der Waals surface area (Å²) in [4.78, 5) is 24.7. The number of alkyl carbamates (subject to hydrolysis) is 1. The van der Waals surface area contributed by atoms with Crippen LogP contribution in [0.25, 0.3) is 0 Å². The summed E-state index contributed by atoms with van der Waals surface area (Å²) in [6.07, 6.45) is 0.0961. The number of ether oxygens (including phenoxy) is 2. The minimum absolute atomic E-state index is 0.116. The molecule has 0 aliphatic carbocycles. The van der Waals surface area contributed by atoms with Gasteiger partial charge in [-0.25, -0.2) is 9.59 Å². The van der Waals surface area contributed by atoms with E-state index in [1.807, 2.05) is 20.8 Å². The zero-order valence-electron chi connectivity index (χ0n) is 11.1. The van der Waals surface area contributed by atoms with Crippen LogP contribution in [0.1, 0.15) is 27.2 Å². The van der Waals surface area contributed by atoms with E-state index in [0.717, 1.165) is 6.42 Å². The second kappa shape index (κ2) is 4.66. The molecule has 2 fully saturated rings. The first kappa shape index (κ1) is 13.0. The lowest BCUT2D eigenvalue weighted by atomic mass is 9.92. The third-order valence-electron chi connectivity index (χ3n) is 3.12. The summed E-state index contributed by atoms with van der Waals surface area (Å²) in [6, 6.07) is 0.116. The summed E-state index contributed by atoms with van der Waals surface area (Å²) in [7, 11) is 0. The topological polar surface area (TPSA) is 67.9 Å². The van der Waals surface area contributed by atoms with Crippen molar-refractivity contribution in [3.63, 3.8) is 0 Å². The second-order valence-corrected chi connectivity index (χ2v) is 5.82. The monoisotopic (exact) mass is 256 g/mol. The van der Waals surface area contributed by atoms with E-state index in [2.05, 4.69) is 5.32 Å². The summed E-state index contributed by atoms with van der Waals surface area (Å²) in [6.45, 7) is 7.09. The third kappa shape index (κ3) is 3.05. The van der Waals surface area contributed by atoms with Crippen LogP contribution >= 0.6 is 0 Å². The zero-order valence-corrected chi connectivity index (χ0v) is 11.1. The van der Waals surface area contributed by atoms with Gasteiger partial charge >= 0.3 is 12.2 Å². The number of nitrogens with zero attached hydrogens (tertiary/aromatic N) is 1. The number of fused-ring (bicyclic) bond motifs is 1. The van der Waals surface area contributed by atoms with Crippen molar-refractivity contribution in [2.24, 2.45) is 5.92 Å². The van der Waals surface area contributed by atoms with Gasteiger partial charge in [0.15, 0.2) is 0 Å². The smallest absolute Gasteiger partial charge is 0.410 e. The van der Waals surface area contributed by atoms with Crippen molar-refractivity contribution in [3.05, 3.63) is 0 Å². The van der Waals surface area contributed by atoms with Gasteiger partial charge in [-0.2, -0.15) is 0 Å². The molecule has 2 saturated heterocycles. The Morgan fingerprint density at radius 1 is 1.50 bits per heavy atom. The van der Waals surface area contributed by atoms with Crippen LogP contribution in [-0.2, 0) is 9.47 Å². The zero-order chi connectivity index (χ0) is 13.3. The number of hydrogen-bond acceptors (Lipinski definition) is 4. The molecular formula is C12H20N2O4. The molecule has 0 spiro atoms. The normalized spacial score (nSPS) is 27.9. The van der Waals surface area contributed by atoms with Crippen LogP contribution in [0.5, 0.6) is 0 Å². The van der Waals surface area contributed by atoms with Gasteiger partial charge in [0.05, 0.1) is 6.61 Å². The number of nitrogens with one attached hydrogen (secondary N) is 1. The van der Waals surface area contributed by atoms with Gasteiger partial charge in [-0.05, 0) is 27.2 Å². The average molecular weight is 256 g/mol. The lowest BCUT2D eigenvalue weighted by Crippen LogP contribution is -2.57. The molecule has 0 aromatic carbocycles. The largest absolute Gasteiger partial charge is 0.449 e. The van der Waals surface area contributed by atoms with E-state index in [9.17, 15) is 9.59 Å². The van der Waals surface area contributed by atoms with Crippen molar-refractivity contribution in [1.29, 1.82) is 0 Å². The summed E-state index contributed by atoms with van der Waals surface area (Å²) in [5.41, 5.74) is -0.481. The van der Waals surface area contributed by atoms with Crippen molar-refractivity contribution >= 4 is 12.2 Å².